The summed E-state index contributed by atoms with van der Waals surface area (Å²) in [6, 6.07) is -0.464. The van der Waals surface area contributed by atoms with E-state index in [0.717, 1.165) is 20.0 Å². The minimum absolute atomic E-state index is 0.0221. The van der Waals surface area contributed by atoms with Crippen LogP contribution in [0.1, 0.15) is 65.2 Å². The van der Waals surface area contributed by atoms with Gasteiger partial charge in [-0.05, 0) is 45.4 Å². The lowest BCUT2D eigenvalue weighted by atomic mass is 9.49. The molecule has 9 atom stereocenters. The first kappa shape index (κ1) is 32.2. The Morgan fingerprint density at radius 1 is 0.943 bits per heavy atom. The number of carbonyl (C=O) groups excluding carboxylic acids is 2. The first-order valence-electron chi connectivity index (χ1n) is 12.6. The number of rotatable bonds is 15. The molecule has 0 saturated carbocycles. The van der Waals surface area contributed by atoms with Crippen LogP contribution >= 0.6 is 0 Å². The van der Waals surface area contributed by atoms with Gasteiger partial charge in [-0.1, -0.05) is 6.42 Å². The van der Waals surface area contributed by atoms with Crippen molar-refractivity contribution >= 4 is 26.5 Å². The van der Waals surface area contributed by atoms with Gasteiger partial charge in [0.25, 0.3) is 0 Å². The van der Waals surface area contributed by atoms with Crippen LogP contribution in [0.15, 0.2) is 0 Å². The molecule has 0 bridgehead atoms. The fourth-order valence-corrected chi connectivity index (χ4v) is 5.33. The zero-order valence-electron chi connectivity index (χ0n) is 21.3. The fraction of sp³-hybridized carbons (Fsp3) is 0.917. The van der Waals surface area contributed by atoms with Gasteiger partial charge in [0.15, 0.2) is 0 Å². The summed E-state index contributed by atoms with van der Waals surface area (Å²) in [5.41, 5.74) is 0. The summed E-state index contributed by atoms with van der Waals surface area (Å²) in [6.07, 6.45) is 1.51. The molecule has 0 aromatic rings. The Labute approximate surface area is 211 Å². The van der Waals surface area contributed by atoms with Gasteiger partial charge in [0.05, 0.1) is 38.7 Å². The molecule has 3 radical (unpaired) electrons. The molecule has 0 aromatic heterocycles. The molecule has 2 heterocycles. The van der Waals surface area contributed by atoms with Gasteiger partial charge in [-0.15, -0.1) is 0 Å². The van der Waals surface area contributed by atoms with Gasteiger partial charge < -0.3 is 39.8 Å². The van der Waals surface area contributed by atoms with Crippen molar-refractivity contribution in [3.63, 3.8) is 0 Å². The molecule has 199 valence electrons. The van der Waals surface area contributed by atoms with E-state index in [9.17, 15) is 30.0 Å². The van der Waals surface area contributed by atoms with Gasteiger partial charge in [0.1, 0.15) is 23.8 Å². The van der Waals surface area contributed by atoms with Crippen LogP contribution in [0.4, 0.5) is 0 Å². The lowest BCUT2D eigenvalue weighted by Crippen LogP contribution is -2.31. The van der Waals surface area contributed by atoms with Crippen LogP contribution in [-0.2, 0) is 19.1 Å². The third-order valence-electron chi connectivity index (χ3n) is 7.18. The van der Waals surface area contributed by atoms with Crippen molar-refractivity contribution in [2.45, 2.75) is 102 Å². The van der Waals surface area contributed by atoms with Crippen LogP contribution in [0.25, 0.3) is 0 Å². The number of Topliss-reactive ketones (excluding diaryl/α,β-unsaturated/α-hetero) is 2. The van der Waals surface area contributed by atoms with E-state index >= 15 is 0 Å². The maximum absolute atomic E-state index is 12.6. The zero-order chi connectivity index (χ0) is 26.5. The Morgan fingerprint density at radius 3 is 2.09 bits per heavy atom. The van der Waals surface area contributed by atoms with E-state index in [1.807, 2.05) is 6.92 Å². The molecule has 2 aliphatic rings. The molecule has 2 rings (SSSR count). The Hall–Kier alpha value is -0.810. The minimum Gasteiger partial charge on any atom is -0.400 e. The van der Waals surface area contributed by atoms with Gasteiger partial charge in [-0.2, -0.15) is 0 Å². The molecule has 0 amide bonds. The van der Waals surface area contributed by atoms with E-state index in [2.05, 4.69) is 0 Å². The Kier molecular flexibility index (Phi) is 15.5. The predicted molar refractivity (Wildman–Crippen MR) is 132 cm³/mol. The van der Waals surface area contributed by atoms with E-state index < -0.39 is 30.4 Å². The van der Waals surface area contributed by atoms with Gasteiger partial charge in [-0.25, -0.2) is 0 Å². The number of hydrogen-bond donors (Lipinski definition) is 5. The molecule has 0 spiro atoms. The second-order valence-corrected chi connectivity index (χ2v) is 9.72. The van der Waals surface area contributed by atoms with Crippen molar-refractivity contribution in [1.82, 2.24) is 0 Å². The molecule has 3 unspecified atom stereocenters. The minimum atomic E-state index is -0.837. The molecule has 2 saturated heterocycles. The summed E-state index contributed by atoms with van der Waals surface area (Å²) in [5.74, 6) is -0.304. The SMILES string of the molecule is CO.[B][B][C@@H]1O[C@H](CO)C(O)[C@@H]1CCC(CC(C)=O)CC(=O)CCCC[C@H]1C(O)[C@@H](CO)O[C@H]1C. The summed E-state index contributed by atoms with van der Waals surface area (Å²) in [7, 11) is 8.01. The number of aliphatic hydroxyl groups excluding tert-OH is 5. The molecule has 2 aliphatic heterocycles. The van der Waals surface area contributed by atoms with Gasteiger partial charge in [-0.3, -0.25) is 4.79 Å². The maximum Gasteiger partial charge on any atom is 0.133 e. The summed E-state index contributed by atoms with van der Waals surface area (Å²) in [5, 5.41) is 46.2. The summed E-state index contributed by atoms with van der Waals surface area (Å²) >= 11 is 0. The Bertz CT molecular complexity index is 622. The third-order valence-corrected chi connectivity index (χ3v) is 7.18. The number of ketones is 2. The van der Waals surface area contributed by atoms with Crippen molar-refractivity contribution in [1.29, 1.82) is 0 Å². The first-order valence-corrected chi connectivity index (χ1v) is 12.6. The van der Waals surface area contributed by atoms with Crippen LogP contribution in [0.5, 0.6) is 0 Å². The number of carbonyl (C=O) groups is 2. The highest BCUT2D eigenvalue weighted by Gasteiger charge is 2.42. The molecule has 2 fully saturated rings. The molecular weight excluding hydrogens is 454 g/mol. The summed E-state index contributed by atoms with van der Waals surface area (Å²) in [4.78, 5) is 24.3. The number of aliphatic hydroxyl groups is 5. The smallest absolute Gasteiger partial charge is 0.133 e. The quantitative estimate of drug-likeness (QED) is 0.152. The highest BCUT2D eigenvalue weighted by atomic mass is 16.5. The van der Waals surface area contributed by atoms with Crippen LogP contribution in [-0.4, -0.2) is 109 Å². The standard InChI is InChI=1S/C23H39B2O8.CH4O/c1-13(28)9-15(7-8-18-22(31)20(12-27)33-23(18)25-24)10-16(29)5-3-4-6-17-14(2)32-19(11-26)21(17)30;1-2/h14-15,17-23,26-27,30-31H,3-12H2,1-2H3;2H,1H3/t14-,15?,17+,18-,19+,20+,21?,22?,23+;/m0./s1. The number of ether oxygens (including phenoxy) is 2. The molecule has 0 aliphatic carbocycles. The Morgan fingerprint density at radius 2 is 1.54 bits per heavy atom. The van der Waals surface area contributed by atoms with E-state index in [1.165, 1.54) is 14.1 Å². The molecule has 11 heteroatoms. The maximum atomic E-state index is 12.6. The molecular formula is C24H43B2O9. The van der Waals surface area contributed by atoms with Crippen LogP contribution in [0.3, 0.4) is 0 Å². The van der Waals surface area contributed by atoms with Crippen molar-refractivity contribution in [2.75, 3.05) is 20.3 Å². The van der Waals surface area contributed by atoms with E-state index in [1.54, 1.807) is 0 Å². The van der Waals surface area contributed by atoms with Crippen molar-refractivity contribution in [2.24, 2.45) is 17.8 Å². The molecule has 0 aromatic carbocycles. The second-order valence-electron chi connectivity index (χ2n) is 9.72. The lowest BCUT2D eigenvalue weighted by Gasteiger charge is -2.22. The molecule has 5 N–H and O–H groups in total. The van der Waals surface area contributed by atoms with E-state index in [4.69, 9.17) is 22.3 Å². The largest absolute Gasteiger partial charge is 0.400 e. The monoisotopic (exact) mass is 497 g/mol. The van der Waals surface area contributed by atoms with Crippen molar-refractivity contribution < 1.29 is 44.6 Å². The lowest BCUT2D eigenvalue weighted by molar-refractivity contribution is -0.121. The normalized spacial score (nSPS) is 33.1. The third kappa shape index (κ3) is 9.87. The second kappa shape index (κ2) is 16.8. The van der Waals surface area contributed by atoms with Gasteiger partial charge in [0, 0.05) is 51.9 Å². The zero-order valence-corrected chi connectivity index (χ0v) is 21.3. The average Bonchev–Trinajstić information content (AvgIpc) is 3.30. The fourth-order valence-electron chi connectivity index (χ4n) is 5.33. The summed E-state index contributed by atoms with van der Waals surface area (Å²) < 4.78 is 11.1. The van der Waals surface area contributed by atoms with E-state index in [0.29, 0.717) is 38.5 Å². The summed E-state index contributed by atoms with van der Waals surface area (Å²) in [6.45, 7) is 2.91. The molecule has 9 nitrogen and oxygen atoms in total. The first-order chi connectivity index (χ1) is 16.7. The Balaban J connectivity index is 0.00000298. The van der Waals surface area contributed by atoms with Crippen molar-refractivity contribution in [3.05, 3.63) is 0 Å². The highest BCUT2D eigenvalue weighted by Crippen LogP contribution is 2.33. The highest BCUT2D eigenvalue weighted by molar-refractivity contribution is 6.90. The topological polar surface area (TPSA) is 154 Å². The predicted octanol–water partition coefficient (Wildman–Crippen LogP) is -0.271. The van der Waals surface area contributed by atoms with Crippen LogP contribution in [0, 0.1) is 17.8 Å². The number of unbranched alkanes of at least 4 members (excludes halogenated alkanes) is 1. The van der Waals surface area contributed by atoms with Gasteiger partial charge >= 0.3 is 0 Å². The van der Waals surface area contributed by atoms with Crippen LogP contribution < -0.4 is 0 Å². The van der Waals surface area contributed by atoms with Crippen molar-refractivity contribution in [3.8, 4) is 0 Å². The number of hydrogen-bond acceptors (Lipinski definition) is 9. The molecule has 35 heavy (non-hydrogen) atoms. The average molecular weight is 497 g/mol. The van der Waals surface area contributed by atoms with Crippen LogP contribution in [0.2, 0.25) is 0 Å². The van der Waals surface area contributed by atoms with Gasteiger partial charge in [0.2, 0.25) is 0 Å². The van der Waals surface area contributed by atoms with E-state index in [-0.39, 0.29) is 48.6 Å².